The van der Waals surface area contributed by atoms with Gasteiger partial charge in [-0.15, -0.1) is 0 Å². The number of halogens is 2. The van der Waals surface area contributed by atoms with Crippen molar-refractivity contribution in [3.05, 3.63) is 93.5 Å². The van der Waals surface area contributed by atoms with Crippen molar-refractivity contribution in [2.24, 2.45) is 0 Å². The van der Waals surface area contributed by atoms with Crippen LogP contribution in [0.5, 0.6) is 11.6 Å². The third kappa shape index (κ3) is 5.76. The van der Waals surface area contributed by atoms with Crippen LogP contribution < -0.4 is 10.1 Å². The van der Waals surface area contributed by atoms with Gasteiger partial charge in [-0.3, -0.25) is 19.3 Å². The second-order valence-electron chi connectivity index (χ2n) is 8.79. The fourth-order valence-electron chi connectivity index (χ4n) is 4.18. The molecule has 0 bridgehead atoms. The first-order valence-corrected chi connectivity index (χ1v) is 12.9. The van der Waals surface area contributed by atoms with Crippen LogP contribution in [0.3, 0.4) is 0 Å². The average molecular weight is 563 g/mol. The van der Waals surface area contributed by atoms with Crippen molar-refractivity contribution in [2.45, 2.75) is 13.8 Å². The summed E-state index contributed by atoms with van der Waals surface area (Å²) in [4.78, 5) is 47.0. The molecule has 1 aliphatic heterocycles. The number of aromatic nitrogens is 2. The lowest BCUT2D eigenvalue weighted by atomic mass is 10.0. The number of ether oxygens (including phenoxy) is 1. The highest BCUT2D eigenvalue weighted by molar-refractivity contribution is 8.18. The van der Waals surface area contributed by atoms with Crippen molar-refractivity contribution < 1.29 is 23.5 Å². The van der Waals surface area contributed by atoms with E-state index in [2.05, 4.69) is 15.3 Å². The van der Waals surface area contributed by atoms with E-state index in [0.29, 0.717) is 28.4 Å². The van der Waals surface area contributed by atoms with Crippen LogP contribution in [0.25, 0.3) is 16.8 Å². The second kappa shape index (κ2) is 10.8. The predicted octanol–water partition coefficient (Wildman–Crippen LogP) is 6.51. The van der Waals surface area contributed by atoms with Crippen molar-refractivity contribution >= 4 is 63.0 Å². The van der Waals surface area contributed by atoms with E-state index < -0.39 is 35.3 Å². The molecule has 0 aliphatic carbocycles. The number of amides is 3. The lowest BCUT2D eigenvalue weighted by Gasteiger charge is -2.13. The highest BCUT2D eigenvalue weighted by atomic mass is 35.5. The number of anilines is 1. The lowest BCUT2D eigenvalue weighted by molar-refractivity contribution is -0.127. The van der Waals surface area contributed by atoms with Gasteiger partial charge < -0.3 is 10.1 Å². The molecule has 1 saturated heterocycles. The molecule has 0 saturated carbocycles. The number of thioether (sulfide) groups is 1. The summed E-state index contributed by atoms with van der Waals surface area (Å²) in [6.07, 6.45) is 2.38. The fraction of sp³-hybridized carbons (Fsp3) is 0.107. The SMILES string of the molecule is Cc1cc(C)cc(NC(=O)CN2C(=O)S/C(=C/c3c(Oc4nc(Cl)ncc4F)ccc4ccccc34)C2=O)c1. The van der Waals surface area contributed by atoms with Gasteiger partial charge in [-0.1, -0.05) is 36.4 Å². The van der Waals surface area contributed by atoms with E-state index in [1.54, 1.807) is 36.4 Å². The zero-order valence-electron chi connectivity index (χ0n) is 20.7. The summed E-state index contributed by atoms with van der Waals surface area (Å²) in [5, 5.41) is 3.46. The average Bonchev–Trinajstić information content (AvgIpc) is 3.14. The highest BCUT2D eigenvalue weighted by Gasteiger charge is 2.36. The molecule has 1 aliphatic rings. The summed E-state index contributed by atoms with van der Waals surface area (Å²) in [7, 11) is 0. The van der Waals surface area contributed by atoms with E-state index in [-0.39, 0.29) is 15.9 Å². The molecular weight excluding hydrogens is 543 g/mol. The zero-order chi connectivity index (χ0) is 27.7. The summed E-state index contributed by atoms with van der Waals surface area (Å²) < 4.78 is 20.1. The van der Waals surface area contributed by atoms with Crippen molar-refractivity contribution in [3.8, 4) is 11.6 Å². The maximum atomic E-state index is 14.3. The van der Waals surface area contributed by atoms with E-state index >= 15 is 0 Å². The Kier molecular flexibility index (Phi) is 7.32. The van der Waals surface area contributed by atoms with Gasteiger partial charge in [0.05, 0.1) is 11.1 Å². The number of nitrogens with one attached hydrogen (secondary N) is 1. The molecule has 1 aromatic heterocycles. The van der Waals surface area contributed by atoms with Crippen LogP contribution >= 0.6 is 23.4 Å². The number of carbonyl (C=O) groups excluding carboxylic acids is 3. The highest BCUT2D eigenvalue weighted by Crippen LogP contribution is 2.38. The van der Waals surface area contributed by atoms with Crippen molar-refractivity contribution in [3.63, 3.8) is 0 Å². The monoisotopic (exact) mass is 562 g/mol. The fourth-order valence-corrected chi connectivity index (χ4v) is 5.12. The molecule has 0 radical (unpaired) electrons. The van der Waals surface area contributed by atoms with Gasteiger partial charge >= 0.3 is 0 Å². The molecule has 196 valence electrons. The first-order chi connectivity index (χ1) is 18.7. The summed E-state index contributed by atoms with van der Waals surface area (Å²) in [5.74, 6) is -2.17. The second-order valence-corrected chi connectivity index (χ2v) is 10.1. The van der Waals surface area contributed by atoms with Gasteiger partial charge in [0.1, 0.15) is 12.3 Å². The molecular formula is C28H20ClFN4O4S. The predicted molar refractivity (Wildman–Crippen MR) is 148 cm³/mol. The molecule has 8 nitrogen and oxygen atoms in total. The summed E-state index contributed by atoms with van der Waals surface area (Å²) in [5.41, 5.74) is 2.94. The minimum Gasteiger partial charge on any atom is -0.436 e. The van der Waals surface area contributed by atoms with Crippen LogP contribution in [0.4, 0.5) is 14.9 Å². The Balaban J connectivity index is 1.45. The molecule has 3 aromatic carbocycles. The molecule has 1 N–H and O–H groups in total. The normalized spacial score (nSPS) is 14.4. The number of carbonyl (C=O) groups is 3. The van der Waals surface area contributed by atoms with Gasteiger partial charge in [0.25, 0.3) is 17.0 Å². The zero-order valence-corrected chi connectivity index (χ0v) is 22.3. The van der Waals surface area contributed by atoms with Crippen LogP contribution in [-0.2, 0) is 9.59 Å². The van der Waals surface area contributed by atoms with Gasteiger partial charge in [-0.2, -0.15) is 9.37 Å². The van der Waals surface area contributed by atoms with Crippen molar-refractivity contribution in [1.29, 1.82) is 0 Å². The molecule has 3 amide bonds. The Bertz CT molecular complexity index is 1670. The van der Waals surface area contributed by atoms with Crippen LogP contribution in [0.1, 0.15) is 16.7 Å². The Hall–Kier alpha value is -4.28. The molecule has 39 heavy (non-hydrogen) atoms. The number of rotatable bonds is 6. The smallest absolute Gasteiger partial charge is 0.294 e. The minimum absolute atomic E-state index is 0.0848. The van der Waals surface area contributed by atoms with Crippen LogP contribution in [0, 0.1) is 19.7 Å². The Morgan fingerprint density at radius 1 is 1.13 bits per heavy atom. The third-order valence-corrected chi connectivity index (χ3v) is 6.87. The summed E-state index contributed by atoms with van der Waals surface area (Å²) in [6.45, 7) is 3.37. The number of fused-ring (bicyclic) bond motifs is 1. The summed E-state index contributed by atoms with van der Waals surface area (Å²) in [6, 6.07) is 16.3. The van der Waals surface area contributed by atoms with Gasteiger partial charge in [0, 0.05) is 11.3 Å². The molecule has 1 fully saturated rings. The molecule has 0 atom stereocenters. The Morgan fingerprint density at radius 3 is 2.64 bits per heavy atom. The number of imide groups is 1. The number of nitrogens with zero attached hydrogens (tertiary/aromatic N) is 3. The Labute approximate surface area is 231 Å². The van der Waals surface area contributed by atoms with E-state index in [4.69, 9.17) is 16.3 Å². The lowest BCUT2D eigenvalue weighted by Crippen LogP contribution is -2.36. The standard InChI is InChI=1S/C28H20ClFN4O4S/c1-15-9-16(2)11-18(10-15)32-24(35)14-34-26(36)23(39-28(34)37)12-20-19-6-4-3-5-17(19)7-8-22(20)38-25-21(30)13-31-27(29)33-25/h3-13H,14H2,1-2H3,(H,32,35)/b23-12+. The van der Waals surface area contributed by atoms with E-state index in [1.165, 1.54) is 6.08 Å². The first-order valence-electron chi connectivity index (χ1n) is 11.7. The van der Waals surface area contributed by atoms with E-state index in [0.717, 1.165) is 27.6 Å². The third-order valence-electron chi connectivity index (χ3n) is 5.78. The molecule has 0 spiro atoms. The van der Waals surface area contributed by atoms with Crippen molar-refractivity contribution in [2.75, 3.05) is 11.9 Å². The summed E-state index contributed by atoms with van der Waals surface area (Å²) >= 11 is 6.51. The Morgan fingerprint density at radius 2 is 1.87 bits per heavy atom. The van der Waals surface area contributed by atoms with E-state index in [1.807, 2.05) is 32.0 Å². The van der Waals surface area contributed by atoms with E-state index in [9.17, 15) is 18.8 Å². The maximum Gasteiger partial charge on any atom is 0.294 e. The van der Waals surface area contributed by atoms with Crippen LogP contribution in [0.2, 0.25) is 5.28 Å². The first kappa shape index (κ1) is 26.3. The van der Waals surface area contributed by atoms with Crippen molar-refractivity contribution in [1.82, 2.24) is 14.9 Å². The quantitative estimate of drug-likeness (QED) is 0.211. The number of hydrogen-bond acceptors (Lipinski definition) is 7. The molecule has 2 heterocycles. The largest absolute Gasteiger partial charge is 0.436 e. The van der Waals surface area contributed by atoms with Gasteiger partial charge in [0.2, 0.25) is 17.0 Å². The van der Waals surface area contributed by atoms with Gasteiger partial charge in [-0.25, -0.2) is 4.98 Å². The molecule has 5 rings (SSSR count). The molecule has 4 aromatic rings. The molecule has 0 unspecified atom stereocenters. The minimum atomic E-state index is -0.825. The number of hydrogen-bond donors (Lipinski definition) is 1. The maximum absolute atomic E-state index is 14.3. The number of aryl methyl sites for hydroxylation is 2. The number of benzene rings is 3. The topological polar surface area (TPSA) is 101 Å². The van der Waals surface area contributed by atoms with Gasteiger partial charge in [0.15, 0.2) is 0 Å². The van der Waals surface area contributed by atoms with Crippen LogP contribution in [0.15, 0.2) is 65.7 Å². The van der Waals surface area contributed by atoms with Gasteiger partial charge in [-0.05, 0) is 83.4 Å². The van der Waals surface area contributed by atoms with Crippen LogP contribution in [-0.4, -0.2) is 38.5 Å². The molecule has 11 heteroatoms.